The number of benzene rings is 1. The summed E-state index contributed by atoms with van der Waals surface area (Å²) in [5.41, 5.74) is 0.882. The van der Waals surface area contributed by atoms with Crippen molar-refractivity contribution in [1.82, 2.24) is 15.3 Å². The largest absolute Gasteiger partial charge is 0.370 e. The van der Waals surface area contributed by atoms with Gasteiger partial charge < -0.3 is 10.6 Å². The zero-order valence-corrected chi connectivity index (χ0v) is 14.2. The molecule has 5 nitrogen and oxygen atoms in total. The Kier molecular flexibility index (Phi) is 5.60. The van der Waals surface area contributed by atoms with E-state index in [0.29, 0.717) is 5.16 Å². The molecule has 0 radical (unpaired) electrons. The monoisotopic (exact) mass is 318 g/mol. The van der Waals surface area contributed by atoms with Crippen molar-refractivity contribution in [2.45, 2.75) is 44.1 Å². The van der Waals surface area contributed by atoms with Crippen LogP contribution in [0.4, 0.5) is 5.82 Å². The Balaban J connectivity index is 2.26. The first-order valence-corrected chi connectivity index (χ1v) is 8.37. The standard InChI is InChI=1S/C16H22N4OS/c1-5-17-14-12-8-6-7-9-13(12)19-16(20-14)22-11(4)15(21)18-10(2)3/h6-11H,5H2,1-4H3,(H,18,21)(H,17,19,20). The van der Waals surface area contributed by atoms with Crippen LogP contribution in [0.1, 0.15) is 27.7 Å². The number of thioether (sulfide) groups is 1. The van der Waals surface area contributed by atoms with E-state index in [0.717, 1.165) is 23.3 Å². The molecule has 0 saturated heterocycles. The molecule has 1 aromatic carbocycles. The van der Waals surface area contributed by atoms with Gasteiger partial charge in [-0.3, -0.25) is 4.79 Å². The molecule has 1 amide bonds. The third-order valence-corrected chi connectivity index (χ3v) is 3.97. The van der Waals surface area contributed by atoms with Crippen molar-refractivity contribution in [2.24, 2.45) is 0 Å². The number of amides is 1. The number of aromatic nitrogens is 2. The van der Waals surface area contributed by atoms with Gasteiger partial charge in [0.25, 0.3) is 0 Å². The second-order valence-corrected chi connectivity index (χ2v) is 6.63. The van der Waals surface area contributed by atoms with Gasteiger partial charge in [0.15, 0.2) is 5.16 Å². The molecule has 0 aliphatic rings. The molecular weight excluding hydrogens is 296 g/mol. The number of carbonyl (C=O) groups excluding carboxylic acids is 1. The lowest BCUT2D eigenvalue weighted by atomic mass is 10.2. The van der Waals surface area contributed by atoms with E-state index in [1.165, 1.54) is 11.8 Å². The van der Waals surface area contributed by atoms with Gasteiger partial charge in [0.1, 0.15) is 5.82 Å². The third-order valence-electron chi connectivity index (χ3n) is 3.01. The average molecular weight is 318 g/mol. The second kappa shape index (κ2) is 7.45. The Morgan fingerprint density at radius 2 is 1.95 bits per heavy atom. The maximum atomic E-state index is 12.0. The number of nitrogens with one attached hydrogen (secondary N) is 2. The minimum atomic E-state index is -0.238. The van der Waals surface area contributed by atoms with Crippen molar-refractivity contribution in [3.63, 3.8) is 0 Å². The van der Waals surface area contributed by atoms with Crippen molar-refractivity contribution >= 4 is 34.4 Å². The van der Waals surface area contributed by atoms with Gasteiger partial charge in [0, 0.05) is 18.0 Å². The van der Waals surface area contributed by atoms with Crippen LogP contribution in [0.5, 0.6) is 0 Å². The maximum absolute atomic E-state index is 12.0. The number of carbonyl (C=O) groups is 1. The van der Waals surface area contributed by atoms with E-state index in [2.05, 4.69) is 20.6 Å². The summed E-state index contributed by atoms with van der Waals surface area (Å²) in [6.45, 7) is 8.58. The fourth-order valence-corrected chi connectivity index (χ4v) is 2.81. The highest BCUT2D eigenvalue weighted by Crippen LogP contribution is 2.26. The summed E-state index contributed by atoms with van der Waals surface area (Å²) in [4.78, 5) is 21.1. The van der Waals surface area contributed by atoms with Gasteiger partial charge in [-0.05, 0) is 39.8 Å². The van der Waals surface area contributed by atoms with Crippen LogP contribution >= 0.6 is 11.8 Å². The molecule has 22 heavy (non-hydrogen) atoms. The first-order valence-electron chi connectivity index (χ1n) is 7.49. The molecule has 1 unspecified atom stereocenters. The molecule has 0 aliphatic carbocycles. The van der Waals surface area contributed by atoms with E-state index in [1.807, 2.05) is 52.0 Å². The van der Waals surface area contributed by atoms with Gasteiger partial charge in [-0.15, -0.1) is 0 Å². The molecule has 1 heterocycles. The number of anilines is 1. The predicted octanol–water partition coefficient (Wildman–Crippen LogP) is 3.07. The molecule has 2 aromatic rings. The molecule has 0 aliphatic heterocycles. The molecule has 118 valence electrons. The Morgan fingerprint density at radius 1 is 1.23 bits per heavy atom. The van der Waals surface area contributed by atoms with Crippen LogP contribution in [-0.2, 0) is 4.79 Å². The minimum absolute atomic E-state index is 0.00163. The SMILES string of the molecule is CCNc1nc(SC(C)C(=O)NC(C)C)nc2ccccc12. The number of hydrogen-bond acceptors (Lipinski definition) is 5. The smallest absolute Gasteiger partial charge is 0.233 e. The molecule has 0 fully saturated rings. The summed E-state index contributed by atoms with van der Waals surface area (Å²) in [6.07, 6.45) is 0. The van der Waals surface area contributed by atoms with Crippen LogP contribution in [-0.4, -0.2) is 33.7 Å². The fourth-order valence-electron chi connectivity index (χ4n) is 2.02. The summed E-state index contributed by atoms with van der Waals surface area (Å²) < 4.78 is 0. The van der Waals surface area contributed by atoms with Gasteiger partial charge in [0.05, 0.1) is 10.8 Å². The molecule has 0 spiro atoms. The van der Waals surface area contributed by atoms with Crippen molar-refractivity contribution in [3.05, 3.63) is 24.3 Å². The first-order chi connectivity index (χ1) is 10.5. The van der Waals surface area contributed by atoms with Crippen LogP contribution < -0.4 is 10.6 Å². The molecule has 1 aromatic heterocycles. The summed E-state index contributed by atoms with van der Waals surface area (Å²) in [6, 6.07) is 8.01. The van der Waals surface area contributed by atoms with Crippen LogP contribution in [0, 0.1) is 0 Å². The van der Waals surface area contributed by atoms with E-state index in [9.17, 15) is 4.79 Å². The molecular formula is C16H22N4OS. The molecule has 0 bridgehead atoms. The van der Waals surface area contributed by atoms with Crippen LogP contribution in [0.3, 0.4) is 0 Å². The number of hydrogen-bond donors (Lipinski definition) is 2. The van der Waals surface area contributed by atoms with E-state index < -0.39 is 0 Å². The summed E-state index contributed by atoms with van der Waals surface area (Å²) >= 11 is 1.37. The van der Waals surface area contributed by atoms with Crippen LogP contribution in [0.15, 0.2) is 29.4 Å². The Bertz CT molecular complexity index is 660. The number of para-hydroxylation sites is 1. The summed E-state index contributed by atoms with van der Waals surface area (Å²) in [5.74, 6) is 0.814. The predicted molar refractivity (Wildman–Crippen MR) is 92.3 cm³/mol. The van der Waals surface area contributed by atoms with Crippen molar-refractivity contribution < 1.29 is 4.79 Å². The van der Waals surface area contributed by atoms with Crippen molar-refractivity contribution in [2.75, 3.05) is 11.9 Å². The normalized spacial score (nSPS) is 12.4. The third kappa shape index (κ3) is 4.10. The van der Waals surface area contributed by atoms with E-state index in [-0.39, 0.29) is 17.2 Å². The second-order valence-electron chi connectivity index (χ2n) is 5.33. The molecule has 0 saturated carbocycles. The minimum Gasteiger partial charge on any atom is -0.370 e. The Morgan fingerprint density at radius 3 is 2.64 bits per heavy atom. The van der Waals surface area contributed by atoms with Gasteiger partial charge in [-0.2, -0.15) is 0 Å². The van der Waals surface area contributed by atoms with Crippen LogP contribution in [0.2, 0.25) is 0 Å². The number of fused-ring (bicyclic) bond motifs is 1. The number of nitrogens with zero attached hydrogens (tertiary/aromatic N) is 2. The van der Waals surface area contributed by atoms with Gasteiger partial charge in [-0.1, -0.05) is 23.9 Å². The fraction of sp³-hybridized carbons (Fsp3) is 0.438. The zero-order chi connectivity index (χ0) is 16.1. The highest BCUT2D eigenvalue weighted by Gasteiger charge is 2.17. The summed E-state index contributed by atoms with van der Waals surface area (Å²) in [7, 11) is 0. The van der Waals surface area contributed by atoms with Gasteiger partial charge in [-0.25, -0.2) is 9.97 Å². The first kappa shape index (κ1) is 16.5. The molecule has 1 atom stereocenters. The Labute approximate surface area is 135 Å². The quantitative estimate of drug-likeness (QED) is 0.633. The van der Waals surface area contributed by atoms with Gasteiger partial charge in [0.2, 0.25) is 5.91 Å². The lowest BCUT2D eigenvalue weighted by Crippen LogP contribution is -2.35. The molecule has 2 N–H and O–H groups in total. The molecule has 2 rings (SSSR count). The highest BCUT2D eigenvalue weighted by molar-refractivity contribution is 8.00. The zero-order valence-electron chi connectivity index (χ0n) is 13.4. The topological polar surface area (TPSA) is 66.9 Å². The Hall–Kier alpha value is -1.82. The van der Waals surface area contributed by atoms with E-state index in [1.54, 1.807) is 0 Å². The highest BCUT2D eigenvalue weighted by atomic mass is 32.2. The molecule has 6 heteroatoms. The van der Waals surface area contributed by atoms with Crippen molar-refractivity contribution in [1.29, 1.82) is 0 Å². The van der Waals surface area contributed by atoms with Gasteiger partial charge >= 0.3 is 0 Å². The summed E-state index contributed by atoms with van der Waals surface area (Å²) in [5, 5.41) is 7.54. The average Bonchev–Trinajstić information content (AvgIpc) is 2.46. The van der Waals surface area contributed by atoms with E-state index in [4.69, 9.17) is 0 Å². The lowest BCUT2D eigenvalue weighted by molar-refractivity contribution is -0.120. The van der Waals surface area contributed by atoms with Crippen LogP contribution in [0.25, 0.3) is 10.9 Å². The lowest BCUT2D eigenvalue weighted by Gasteiger charge is -2.14. The van der Waals surface area contributed by atoms with E-state index >= 15 is 0 Å². The van der Waals surface area contributed by atoms with Crippen molar-refractivity contribution in [3.8, 4) is 0 Å². The number of rotatable bonds is 6. The maximum Gasteiger partial charge on any atom is 0.233 e.